The van der Waals surface area contributed by atoms with Crippen LogP contribution in [0.2, 0.25) is 0 Å². The normalized spacial score (nSPS) is 12.3. The summed E-state index contributed by atoms with van der Waals surface area (Å²) in [6, 6.07) is 8.94. The van der Waals surface area contributed by atoms with Gasteiger partial charge >= 0.3 is 0 Å². The molecule has 1 unspecified atom stereocenters. The molecule has 0 fully saturated rings. The summed E-state index contributed by atoms with van der Waals surface area (Å²) >= 11 is 3.34. The van der Waals surface area contributed by atoms with Crippen LogP contribution >= 0.6 is 15.9 Å². The van der Waals surface area contributed by atoms with Crippen molar-refractivity contribution in [1.82, 2.24) is 0 Å². The van der Waals surface area contributed by atoms with E-state index in [9.17, 15) is 13.2 Å². The van der Waals surface area contributed by atoms with Crippen LogP contribution < -0.4 is 4.74 Å². The van der Waals surface area contributed by atoms with Gasteiger partial charge in [0.1, 0.15) is 5.75 Å². The lowest BCUT2D eigenvalue weighted by Crippen LogP contribution is -1.98. The summed E-state index contributed by atoms with van der Waals surface area (Å²) < 4.78 is 44.3. The molecule has 2 aromatic carbocycles. The molecule has 2 aromatic rings. The smallest absolute Gasteiger partial charge is 0.194 e. The highest BCUT2D eigenvalue weighted by atomic mass is 79.9. The zero-order valence-electron chi connectivity index (χ0n) is 9.96. The quantitative estimate of drug-likeness (QED) is 0.590. The van der Waals surface area contributed by atoms with Crippen molar-refractivity contribution >= 4 is 15.9 Å². The van der Waals surface area contributed by atoms with Gasteiger partial charge in [-0.15, -0.1) is 0 Å². The van der Waals surface area contributed by atoms with E-state index in [1.165, 1.54) is 0 Å². The molecule has 19 heavy (non-hydrogen) atoms. The number of ether oxygens (including phenoxy) is 1. The fourth-order valence-electron chi connectivity index (χ4n) is 1.69. The third kappa shape index (κ3) is 2.92. The maximum atomic E-state index is 13.2. The zero-order chi connectivity index (χ0) is 14.0. The molecule has 0 heterocycles. The first-order valence-electron chi connectivity index (χ1n) is 5.45. The average Bonchev–Trinajstić information content (AvgIpc) is 2.43. The highest BCUT2D eigenvalue weighted by molar-refractivity contribution is 9.09. The predicted octanol–water partition coefficient (Wildman–Crippen LogP) is 4.60. The van der Waals surface area contributed by atoms with Gasteiger partial charge in [0.05, 0.1) is 11.9 Å². The van der Waals surface area contributed by atoms with Gasteiger partial charge in [-0.1, -0.05) is 28.1 Å². The highest BCUT2D eigenvalue weighted by Crippen LogP contribution is 2.33. The van der Waals surface area contributed by atoms with Gasteiger partial charge in [0, 0.05) is 0 Å². The van der Waals surface area contributed by atoms with Crippen molar-refractivity contribution in [2.24, 2.45) is 0 Å². The number of rotatable bonds is 3. The van der Waals surface area contributed by atoms with Crippen LogP contribution in [0.4, 0.5) is 13.2 Å². The minimum absolute atomic E-state index is 0.307. The Morgan fingerprint density at radius 2 is 1.47 bits per heavy atom. The summed E-state index contributed by atoms with van der Waals surface area (Å²) in [5.41, 5.74) is 1.09. The fourth-order valence-corrected chi connectivity index (χ4v) is 2.26. The second kappa shape index (κ2) is 5.65. The average molecular weight is 331 g/mol. The largest absolute Gasteiger partial charge is 0.497 e. The Morgan fingerprint density at radius 1 is 0.947 bits per heavy atom. The lowest BCUT2D eigenvalue weighted by molar-refractivity contribution is 0.414. The van der Waals surface area contributed by atoms with Crippen molar-refractivity contribution in [3.8, 4) is 5.75 Å². The van der Waals surface area contributed by atoms with E-state index in [-0.39, 0.29) is 0 Å². The van der Waals surface area contributed by atoms with Gasteiger partial charge in [0.15, 0.2) is 17.5 Å². The molecular weight excluding hydrogens is 321 g/mol. The molecule has 0 radical (unpaired) electrons. The monoisotopic (exact) mass is 330 g/mol. The van der Waals surface area contributed by atoms with E-state index >= 15 is 0 Å². The van der Waals surface area contributed by atoms with Crippen LogP contribution in [0.3, 0.4) is 0 Å². The molecule has 1 atom stereocenters. The van der Waals surface area contributed by atoms with Crippen molar-refractivity contribution in [1.29, 1.82) is 0 Å². The molecule has 0 aliphatic heterocycles. The lowest BCUT2D eigenvalue weighted by Gasteiger charge is -2.12. The minimum Gasteiger partial charge on any atom is -0.497 e. The molecule has 0 bridgehead atoms. The molecule has 0 amide bonds. The van der Waals surface area contributed by atoms with Crippen LogP contribution in [0, 0.1) is 17.5 Å². The van der Waals surface area contributed by atoms with E-state index in [1.54, 1.807) is 31.4 Å². The Labute approximate surface area is 117 Å². The Morgan fingerprint density at radius 3 is 1.95 bits per heavy atom. The van der Waals surface area contributed by atoms with Crippen molar-refractivity contribution in [3.05, 3.63) is 65.0 Å². The number of hydrogen-bond acceptors (Lipinski definition) is 1. The molecule has 1 nitrogen and oxygen atoms in total. The zero-order valence-corrected chi connectivity index (χ0v) is 11.5. The van der Waals surface area contributed by atoms with Crippen LogP contribution in [0.5, 0.6) is 5.75 Å². The SMILES string of the molecule is COc1ccc(C(Br)c2cc(F)c(F)c(F)c2)cc1. The second-order valence-electron chi connectivity index (χ2n) is 3.93. The third-order valence-corrected chi connectivity index (χ3v) is 3.76. The van der Waals surface area contributed by atoms with Gasteiger partial charge in [-0.25, -0.2) is 13.2 Å². The van der Waals surface area contributed by atoms with Crippen LogP contribution in [0.1, 0.15) is 16.0 Å². The summed E-state index contributed by atoms with van der Waals surface area (Å²) in [5.74, 6) is -3.18. The van der Waals surface area contributed by atoms with E-state index in [1.807, 2.05) is 0 Å². The van der Waals surface area contributed by atoms with E-state index in [0.717, 1.165) is 17.7 Å². The summed E-state index contributed by atoms with van der Waals surface area (Å²) in [4.78, 5) is -0.428. The van der Waals surface area contributed by atoms with E-state index in [4.69, 9.17) is 4.74 Å². The molecule has 0 N–H and O–H groups in total. The first-order chi connectivity index (χ1) is 9.02. The number of halogens is 4. The Hall–Kier alpha value is -1.49. The van der Waals surface area contributed by atoms with E-state index < -0.39 is 22.3 Å². The first-order valence-corrected chi connectivity index (χ1v) is 6.37. The summed E-state index contributed by atoms with van der Waals surface area (Å²) in [5, 5.41) is 0. The van der Waals surface area contributed by atoms with E-state index in [2.05, 4.69) is 15.9 Å². The number of methoxy groups -OCH3 is 1. The lowest BCUT2D eigenvalue weighted by atomic mass is 10.0. The van der Waals surface area contributed by atoms with Crippen LogP contribution in [-0.2, 0) is 0 Å². The molecule has 0 saturated heterocycles. The standard InChI is InChI=1S/C14H10BrF3O/c1-19-10-4-2-8(3-5-10)13(15)9-6-11(16)14(18)12(17)7-9/h2-7,13H,1H3. The Bertz CT molecular complexity index is 561. The fraction of sp³-hybridized carbons (Fsp3) is 0.143. The first kappa shape index (κ1) is 13.9. The molecule has 0 aliphatic rings. The van der Waals surface area contributed by atoms with E-state index in [0.29, 0.717) is 11.3 Å². The molecule has 2 rings (SSSR count). The van der Waals surface area contributed by atoms with Gasteiger partial charge in [0.25, 0.3) is 0 Å². The van der Waals surface area contributed by atoms with Crippen molar-refractivity contribution < 1.29 is 17.9 Å². The number of benzene rings is 2. The summed E-state index contributed by atoms with van der Waals surface area (Å²) in [7, 11) is 1.55. The minimum atomic E-state index is -1.46. The van der Waals surface area contributed by atoms with Crippen LogP contribution in [0.15, 0.2) is 36.4 Å². The van der Waals surface area contributed by atoms with Gasteiger partial charge in [-0.3, -0.25) is 0 Å². The topological polar surface area (TPSA) is 9.23 Å². The molecule has 5 heteroatoms. The Kier molecular flexibility index (Phi) is 4.14. The van der Waals surface area contributed by atoms with Crippen LogP contribution in [0.25, 0.3) is 0 Å². The summed E-state index contributed by atoms with van der Waals surface area (Å²) in [6.45, 7) is 0. The molecule has 0 aliphatic carbocycles. The maximum absolute atomic E-state index is 13.2. The van der Waals surface area contributed by atoms with Crippen LogP contribution in [-0.4, -0.2) is 7.11 Å². The number of alkyl halides is 1. The molecule has 0 spiro atoms. The Balaban J connectivity index is 2.35. The van der Waals surface area contributed by atoms with Gasteiger partial charge in [0.2, 0.25) is 0 Å². The molecule has 0 saturated carbocycles. The summed E-state index contributed by atoms with van der Waals surface area (Å²) in [6.07, 6.45) is 0. The predicted molar refractivity (Wildman–Crippen MR) is 70.1 cm³/mol. The van der Waals surface area contributed by atoms with Crippen molar-refractivity contribution in [2.45, 2.75) is 4.83 Å². The third-order valence-electron chi connectivity index (χ3n) is 2.71. The van der Waals surface area contributed by atoms with Gasteiger partial charge < -0.3 is 4.74 Å². The van der Waals surface area contributed by atoms with Gasteiger partial charge in [-0.2, -0.15) is 0 Å². The molecule has 100 valence electrons. The maximum Gasteiger partial charge on any atom is 0.194 e. The second-order valence-corrected chi connectivity index (χ2v) is 4.85. The highest BCUT2D eigenvalue weighted by Gasteiger charge is 2.16. The molecule has 0 aromatic heterocycles. The number of hydrogen-bond donors (Lipinski definition) is 0. The van der Waals surface area contributed by atoms with Crippen molar-refractivity contribution in [2.75, 3.05) is 7.11 Å². The molecular formula is C14H10BrF3O. The van der Waals surface area contributed by atoms with Gasteiger partial charge in [-0.05, 0) is 35.4 Å². The van der Waals surface area contributed by atoms with Crippen molar-refractivity contribution in [3.63, 3.8) is 0 Å².